The van der Waals surface area contributed by atoms with Gasteiger partial charge >= 0.3 is 20.5 Å². The normalized spacial score (nSPS) is 13.2. The van der Waals surface area contributed by atoms with Crippen molar-refractivity contribution in [1.82, 2.24) is 0 Å². The van der Waals surface area contributed by atoms with E-state index >= 15 is 0 Å². The van der Waals surface area contributed by atoms with E-state index in [9.17, 15) is 22.1 Å². The fourth-order valence-electron chi connectivity index (χ4n) is 0.280. The zero-order chi connectivity index (χ0) is 9.99. The lowest BCUT2D eigenvalue weighted by Gasteiger charge is -2.02. The summed E-state index contributed by atoms with van der Waals surface area (Å²) >= 11 is 0. The van der Waals surface area contributed by atoms with E-state index in [0.29, 0.717) is 0 Å². The van der Waals surface area contributed by atoms with E-state index in [1.807, 2.05) is 0 Å². The Bertz CT molecular complexity index is 154. The van der Waals surface area contributed by atoms with Crippen LogP contribution >= 0.6 is 8.25 Å². The molecule has 0 bridgehead atoms. The molecule has 0 atom stereocenters. The molecule has 12 heavy (non-hydrogen) atoms. The van der Waals surface area contributed by atoms with Crippen LogP contribution in [-0.4, -0.2) is 12.2 Å². The van der Waals surface area contributed by atoms with E-state index in [-0.39, 0.29) is 13.8 Å². The third-order valence-electron chi connectivity index (χ3n) is 0.470. The number of alkyl halides is 4. The fraction of sp³-hybridized carbons (Fsp3) is 1.00. The third kappa shape index (κ3) is 7.84. The van der Waals surface area contributed by atoms with E-state index < -0.39 is 20.5 Å². The molecule has 0 radical (unpaired) electrons. The van der Waals surface area contributed by atoms with Gasteiger partial charge in [0.05, 0.1) is 0 Å². The summed E-state index contributed by atoms with van der Waals surface area (Å²) in [7, 11) is -3.51. The van der Waals surface area contributed by atoms with Crippen LogP contribution in [0.4, 0.5) is 17.6 Å². The Balaban J connectivity index is 3.92. The van der Waals surface area contributed by atoms with Crippen LogP contribution in [0.2, 0.25) is 0 Å². The van der Waals surface area contributed by atoms with Crippen molar-refractivity contribution in [2.75, 3.05) is 0 Å². The van der Waals surface area contributed by atoms with Crippen molar-refractivity contribution in [2.24, 2.45) is 0 Å². The summed E-state index contributed by atoms with van der Waals surface area (Å²) in [5.41, 5.74) is 0. The Morgan fingerprint density at radius 3 is 1.42 bits per heavy atom. The molecular formula is C4H6F4O3P+. The van der Waals surface area contributed by atoms with Gasteiger partial charge in [0.15, 0.2) is 0 Å². The van der Waals surface area contributed by atoms with Gasteiger partial charge in [0.25, 0.3) is 0 Å². The molecule has 0 heterocycles. The molecule has 0 aliphatic rings. The van der Waals surface area contributed by atoms with Crippen LogP contribution in [0.5, 0.6) is 0 Å². The molecule has 0 fully saturated rings. The summed E-state index contributed by atoms with van der Waals surface area (Å²) in [6.45, 7) is 0.523. The van der Waals surface area contributed by atoms with E-state index in [4.69, 9.17) is 0 Å². The number of halogens is 4. The predicted octanol–water partition coefficient (Wildman–Crippen LogP) is 2.90. The van der Waals surface area contributed by atoms with Gasteiger partial charge in [-0.2, -0.15) is 17.6 Å². The van der Waals surface area contributed by atoms with Gasteiger partial charge in [-0.1, -0.05) is 0 Å². The lowest BCUT2D eigenvalue weighted by Crippen LogP contribution is -2.15. The largest absolute Gasteiger partial charge is 0.709 e. The van der Waals surface area contributed by atoms with Crippen molar-refractivity contribution < 1.29 is 31.2 Å². The van der Waals surface area contributed by atoms with E-state index in [1.54, 1.807) is 0 Å². The van der Waals surface area contributed by atoms with Gasteiger partial charge in [0.2, 0.25) is 0 Å². The molecule has 72 valence electrons. The lowest BCUT2D eigenvalue weighted by atomic mass is 10.8. The Kier molecular flexibility index (Phi) is 3.56. The minimum absolute atomic E-state index is 0.261. The van der Waals surface area contributed by atoms with Gasteiger partial charge in [-0.05, 0) is 9.05 Å². The van der Waals surface area contributed by atoms with Crippen LogP contribution in [0.3, 0.4) is 0 Å². The first-order chi connectivity index (χ1) is 5.10. The zero-order valence-electron chi connectivity index (χ0n) is 6.18. The van der Waals surface area contributed by atoms with Crippen molar-refractivity contribution in [3.63, 3.8) is 0 Å². The molecule has 0 N–H and O–H groups in total. The molecular weight excluding hydrogens is 203 g/mol. The zero-order valence-corrected chi connectivity index (χ0v) is 7.08. The fourth-order valence-corrected chi connectivity index (χ4v) is 0.841. The maximum absolute atomic E-state index is 11.8. The molecule has 0 rings (SSSR count). The smallest absolute Gasteiger partial charge is 0.172 e. The molecule has 0 aromatic heterocycles. The Morgan fingerprint density at radius 1 is 1.00 bits per heavy atom. The third-order valence-corrected chi connectivity index (χ3v) is 1.41. The van der Waals surface area contributed by atoms with Crippen LogP contribution in [0.25, 0.3) is 0 Å². The van der Waals surface area contributed by atoms with Crippen molar-refractivity contribution in [2.45, 2.75) is 26.1 Å². The first-order valence-electron chi connectivity index (χ1n) is 2.71. The number of hydrogen-bond acceptors (Lipinski definition) is 3. The average Bonchev–Trinajstić information content (AvgIpc) is 1.49. The SMILES string of the molecule is CC(F)(F)O[P+](=O)OC(C)(F)F. The summed E-state index contributed by atoms with van der Waals surface area (Å²) in [5, 5.41) is 0. The molecule has 0 saturated heterocycles. The minimum Gasteiger partial charge on any atom is -0.172 e. The summed E-state index contributed by atoms with van der Waals surface area (Å²) < 4.78 is 64.1. The number of rotatable bonds is 4. The molecule has 0 saturated carbocycles. The van der Waals surface area contributed by atoms with Gasteiger partial charge in [-0.25, -0.2) is 0 Å². The molecule has 0 aliphatic carbocycles. The molecule has 3 nitrogen and oxygen atoms in total. The van der Waals surface area contributed by atoms with Gasteiger partial charge in [0, 0.05) is 18.4 Å². The monoisotopic (exact) mass is 209 g/mol. The summed E-state index contributed by atoms with van der Waals surface area (Å²) in [5.74, 6) is 0. The molecule has 0 aromatic rings. The van der Waals surface area contributed by atoms with Crippen LogP contribution in [0, 0.1) is 0 Å². The topological polar surface area (TPSA) is 35.5 Å². The van der Waals surface area contributed by atoms with Gasteiger partial charge in [0.1, 0.15) is 0 Å². The van der Waals surface area contributed by atoms with Crippen molar-refractivity contribution in [1.29, 1.82) is 0 Å². The van der Waals surface area contributed by atoms with Crippen LogP contribution in [-0.2, 0) is 13.6 Å². The van der Waals surface area contributed by atoms with E-state index in [0.717, 1.165) is 0 Å². The van der Waals surface area contributed by atoms with Crippen LogP contribution in [0.1, 0.15) is 13.8 Å². The molecule has 8 heteroatoms. The summed E-state index contributed by atoms with van der Waals surface area (Å²) in [4.78, 5) is 0. The Hall–Kier alpha value is -0.260. The number of hydrogen-bond donors (Lipinski definition) is 0. The minimum atomic E-state index is -3.75. The maximum Gasteiger partial charge on any atom is 0.709 e. The standard InChI is InChI=1S/C4H6F4O3P/c1-3(5,6)10-12(9)11-4(2,7)8/h1-2H3/q+1. The van der Waals surface area contributed by atoms with Crippen molar-refractivity contribution in [3.05, 3.63) is 0 Å². The lowest BCUT2D eigenvalue weighted by molar-refractivity contribution is -0.194. The maximum atomic E-state index is 11.8. The Morgan fingerprint density at radius 2 is 1.25 bits per heavy atom. The first kappa shape index (κ1) is 11.7. The highest BCUT2D eigenvalue weighted by Crippen LogP contribution is 2.38. The first-order valence-corrected chi connectivity index (χ1v) is 3.81. The highest BCUT2D eigenvalue weighted by molar-refractivity contribution is 7.33. The molecule has 0 aromatic carbocycles. The summed E-state index contributed by atoms with van der Waals surface area (Å²) in [6, 6.07) is 0. The predicted molar refractivity (Wildman–Crippen MR) is 31.0 cm³/mol. The molecule has 0 aliphatic heterocycles. The molecule has 0 unspecified atom stereocenters. The Labute approximate surface area is 66.6 Å². The van der Waals surface area contributed by atoms with E-state index in [1.165, 1.54) is 0 Å². The second-order valence-corrected chi connectivity index (χ2v) is 2.83. The van der Waals surface area contributed by atoms with Crippen LogP contribution < -0.4 is 0 Å². The molecule has 0 spiro atoms. The highest BCUT2D eigenvalue weighted by Gasteiger charge is 2.44. The van der Waals surface area contributed by atoms with Crippen molar-refractivity contribution >= 4 is 8.25 Å². The van der Waals surface area contributed by atoms with E-state index in [2.05, 4.69) is 9.05 Å². The van der Waals surface area contributed by atoms with Crippen molar-refractivity contribution in [3.8, 4) is 0 Å². The second kappa shape index (κ2) is 3.64. The highest BCUT2D eigenvalue weighted by atomic mass is 31.1. The van der Waals surface area contributed by atoms with Gasteiger partial charge in [-0.3, -0.25) is 0 Å². The summed E-state index contributed by atoms with van der Waals surface area (Å²) in [6.07, 6.45) is -7.50. The van der Waals surface area contributed by atoms with Gasteiger partial charge < -0.3 is 0 Å². The quantitative estimate of drug-likeness (QED) is 0.527. The van der Waals surface area contributed by atoms with Gasteiger partial charge in [-0.15, -0.1) is 0 Å². The second-order valence-electron chi connectivity index (χ2n) is 2.02. The average molecular weight is 209 g/mol. The van der Waals surface area contributed by atoms with Crippen LogP contribution in [0.15, 0.2) is 0 Å². The molecule has 0 amide bonds.